The second kappa shape index (κ2) is 6.60. The van der Waals surface area contributed by atoms with E-state index in [9.17, 15) is 0 Å². The third kappa shape index (κ3) is 3.28. The van der Waals surface area contributed by atoms with Gasteiger partial charge in [0.1, 0.15) is 0 Å². The molecule has 1 heterocycles. The molecule has 1 aromatic carbocycles. The molecule has 100 valence electrons. The Labute approximate surface area is 115 Å². The average Bonchev–Trinajstić information content (AvgIpc) is 2.40. The predicted molar refractivity (Wildman–Crippen MR) is 80.2 cm³/mol. The Balaban J connectivity index is 2.17. The van der Waals surface area contributed by atoms with E-state index in [2.05, 4.69) is 54.6 Å². The van der Waals surface area contributed by atoms with Crippen LogP contribution in [0.15, 0.2) is 29.2 Å². The van der Waals surface area contributed by atoms with E-state index >= 15 is 0 Å². The number of rotatable bonds is 4. The van der Waals surface area contributed by atoms with Crippen molar-refractivity contribution in [1.82, 2.24) is 10.2 Å². The van der Waals surface area contributed by atoms with E-state index in [1.54, 1.807) is 0 Å². The first-order chi connectivity index (χ1) is 8.72. The largest absolute Gasteiger partial charge is 0.314 e. The predicted octanol–water partition coefficient (Wildman–Crippen LogP) is 3.01. The summed E-state index contributed by atoms with van der Waals surface area (Å²) in [6.45, 7) is 9.21. The van der Waals surface area contributed by atoms with Gasteiger partial charge in [0.05, 0.1) is 0 Å². The molecule has 18 heavy (non-hydrogen) atoms. The summed E-state index contributed by atoms with van der Waals surface area (Å²) in [6.07, 6.45) is 2.13. The lowest BCUT2D eigenvalue weighted by Crippen LogP contribution is -2.46. The topological polar surface area (TPSA) is 15.3 Å². The third-order valence-corrected chi connectivity index (χ3v) is 4.38. The van der Waals surface area contributed by atoms with E-state index in [0.29, 0.717) is 12.0 Å². The molecule has 1 fully saturated rings. The van der Waals surface area contributed by atoms with Crippen LogP contribution in [0.25, 0.3) is 0 Å². The fraction of sp³-hybridized carbons (Fsp3) is 0.600. The van der Waals surface area contributed by atoms with Gasteiger partial charge >= 0.3 is 0 Å². The molecule has 1 saturated heterocycles. The van der Waals surface area contributed by atoms with Crippen molar-refractivity contribution in [3.63, 3.8) is 0 Å². The first-order valence-electron chi connectivity index (χ1n) is 6.81. The van der Waals surface area contributed by atoms with Crippen LogP contribution in [0.2, 0.25) is 0 Å². The fourth-order valence-electron chi connectivity index (χ4n) is 2.78. The first kappa shape index (κ1) is 13.9. The van der Waals surface area contributed by atoms with Crippen molar-refractivity contribution in [2.75, 3.05) is 32.4 Å². The molecule has 0 aliphatic carbocycles. The smallest absolute Gasteiger partial charge is 0.0372 e. The Bertz CT molecular complexity index is 355. The molecule has 1 aliphatic heterocycles. The number of hydrogen-bond acceptors (Lipinski definition) is 3. The number of thioether (sulfide) groups is 1. The van der Waals surface area contributed by atoms with Crippen molar-refractivity contribution < 1.29 is 0 Å². The van der Waals surface area contributed by atoms with Crippen molar-refractivity contribution in [2.24, 2.45) is 5.92 Å². The zero-order chi connectivity index (χ0) is 13.0. The zero-order valence-corrected chi connectivity index (χ0v) is 12.5. The van der Waals surface area contributed by atoms with Gasteiger partial charge in [0.15, 0.2) is 0 Å². The lowest BCUT2D eigenvalue weighted by Gasteiger charge is -2.37. The van der Waals surface area contributed by atoms with Gasteiger partial charge in [0.25, 0.3) is 0 Å². The summed E-state index contributed by atoms with van der Waals surface area (Å²) in [5, 5.41) is 3.43. The number of nitrogens with zero attached hydrogens (tertiary/aromatic N) is 1. The lowest BCUT2D eigenvalue weighted by atomic mass is 9.94. The number of hydrogen-bond donors (Lipinski definition) is 1. The summed E-state index contributed by atoms with van der Waals surface area (Å²) in [4.78, 5) is 3.97. The van der Waals surface area contributed by atoms with E-state index in [4.69, 9.17) is 0 Å². The molecule has 3 heteroatoms. The van der Waals surface area contributed by atoms with Gasteiger partial charge in [-0.05, 0) is 29.9 Å². The number of nitrogens with one attached hydrogen (secondary N) is 1. The average molecular weight is 264 g/mol. The second-order valence-corrected chi connectivity index (χ2v) is 6.13. The Morgan fingerprint density at radius 1 is 1.11 bits per heavy atom. The Hall–Kier alpha value is -0.510. The highest BCUT2D eigenvalue weighted by atomic mass is 32.2. The molecule has 2 rings (SSSR count). The van der Waals surface area contributed by atoms with Crippen molar-refractivity contribution in [3.8, 4) is 0 Å². The number of piperazine rings is 1. The molecule has 0 radical (unpaired) electrons. The number of benzene rings is 1. The van der Waals surface area contributed by atoms with Crippen LogP contribution in [0.3, 0.4) is 0 Å². The van der Waals surface area contributed by atoms with Crippen LogP contribution in [-0.2, 0) is 0 Å². The van der Waals surface area contributed by atoms with Crippen LogP contribution in [0.5, 0.6) is 0 Å². The van der Waals surface area contributed by atoms with Crippen LogP contribution in [0.4, 0.5) is 0 Å². The van der Waals surface area contributed by atoms with Gasteiger partial charge in [-0.15, -0.1) is 11.8 Å². The molecule has 1 aliphatic rings. The van der Waals surface area contributed by atoms with Crippen molar-refractivity contribution in [1.29, 1.82) is 0 Å². The molecule has 0 spiro atoms. The molecule has 0 amide bonds. The van der Waals surface area contributed by atoms with E-state index in [-0.39, 0.29) is 0 Å². The van der Waals surface area contributed by atoms with Gasteiger partial charge in [-0.3, -0.25) is 4.90 Å². The third-order valence-electron chi connectivity index (χ3n) is 3.63. The molecule has 0 aromatic heterocycles. The van der Waals surface area contributed by atoms with Crippen LogP contribution < -0.4 is 5.32 Å². The van der Waals surface area contributed by atoms with Crippen LogP contribution >= 0.6 is 11.8 Å². The van der Waals surface area contributed by atoms with Gasteiger partial charge in [-0.25, -0.2) is 0 Å². The lowest BCUT2D eigenvalue weighted by molar-refractivity contribution is 0.137. The van der Waals surface area contributed by atoms with Gasteiger partial charge in [0.2, 0.25) is 0 Å². The van der Waals surface area contributed by atoms with Crippen molar-refractivity contribution in [2.45, 2.75) is 24.8 Å². The molecule has 1 N–H and O–H groups in total. The molecule has 0 saturated carbocycles. The highest BCUT2D eigenvalue weighted by molar-refractivity contribution is 7.98. The minimum Gasteiger partial charge on any atom is -0.314 e. The SMILES string of the molecule is CSc1ccc(C(C(C)C)N2CCNCC2)cc1. The monoisotopic (exact) mass is 264 g/mol. The van der Waals surface area contributed by atoms with Crippen LogP contribution in [-0.4, -0.2) is 37.3 Å². The Morgan fingerprint density at radius 3 is 2.22 bits per heavy atom. The van der Waals surface area contributed by atoms with Gasteiger partial charge in [-0.1, -0.05) is 26.0 Å². The summed E-state index contributed by atoms with van der Waals surface area (Å²) < 4.78 is 0. The van der Waals surface area contributed by atoms with E-state index in [1.165, 1.54) is 10.5 Å². The highest BCUT2D eigenvalue weighted by Crippen LogP contribution is 2.30. The maximum atomic E-state index is 3.43. The van der Waals surface area contributed by atoms with Crippen molar-refractivity contribution in [3.05, 3.63) is 29.8 Å². The van der Waals surface area contributed by atoms with E-state index < -0.39 is 0 Å². The minimum atomic E-state index is 0.558. The Kier molecular flexibility index (Phi) is 5.10. The summed E-state index contributed by atoms with van der Waals surface area (Å²) in [6, 6.07) is 9.66. The summed E-state index contributed by atoms with van der Waals surface area (Å²) in [7, 11) is 0. The standard InChI is InChI=1S/C15H24N2S/c1-12(2)15(17-10-8-16-9-11-17)13-4-6-14(18-3)7-5-13/h4-7,12,15-16H,8-11H2,1-3H3. The van der Waals surface area contributed by atoms with Gasteiger partial charge in [-0.2, -0.15) is 0 Å². The van der Waals surface area contributed by atoms with Crippen LogP contribution in [0, 0.1) is 5.92 Å². The molecule has 1 aromatic rings. The molecular formula is C15H24N2S. The zero-order valence-electron chi connectivity index (χ0n) is 11.6. The summed E-state index contributed by atoms with van der Waals surface area (Å²) in [5.74, 6) is 0.656. The second-order valence-electron chi connectivity index (χ2n) is 5.25. The highest BCUT2D eigenvalue weighted by Gasteiger charge is 2.24. The first-order valence-corrected chi connectivity index (χ1v) is 8.03. The maximum Gasteiger partial charge on any atom is 0.0372 e. The molecule has 1 unspecified atom stereocenters. The van der Waals surface area contributed by atoms with Gasteiger partial charge < -0.3 is 5.32 Å². The van der Waals surface area contributed by atoms with E-state index in [0.717, 1.165) is 26.2 Å². The minimum absolute atomic E-state index is 0.558. The molecule has 1 atom stereocenters. The summed E-state index contributed by atoms with van der Waals surface area (Å²) in [5.41, 5.74) is 1.46. The molecule has 2 nitrogen and oxygen atoms in total. The maximum absolute atomic E-state index is 3.43. The van der Waals surface area contributed by atoms with Crippen LogP contribution in [0.1, 0.15) is 25.5 Å². The quantitative estimate of drug-likeness (QED) is 0.842. The Morgan fingerprint density at radius 2 is 1.72 bits per heavy atom. The normalized spacial score (nSPS) is 19.1. The fourth-order valence-corrected chi connectivity index (χ4v) is 3.19. The van der Waals surface area contributed by atoms with Gasteiger partial charge in [0, 0.05) is 37.1 Å². The molecular weight excluding hydrogens is 240 g/mol. The summed E-state index contributed by atoms with van der Waals surface area (Å²) >= 11 is 1.81. The van der Waals surface area contributed by atoms with Crippen molar-refractivity contribution >= 4 is 11.8 Å². The van der Waals surface area contributed by atoms with E-state index in [1.807, 2.05) is 11.8 Å². The molecule has 0 bridgehead atoms.